The Bertz CT molecular complexity index is 977. The van der Waals surface area contributed by atoms with Gasteiger partial charge in [-0.1, -0.05) is 12.1 Å². The van der Waals surface area contributed by atoms with E-state index in [-0.39, 0.29) is 16.4 Å². The first-order valence-electron chi connectivity index (χ1n) is 7.42. The van der Waals surface area contributed by atoms with Crippen LogP contribution in [0.3, 0.4) is 0 Å². The van der Waals surface area contributed by atoms with Crippen molar-refractivity contribution in [1.29, 1.82) is 0 Å². The molecule has 0 aliphatic carbocycles. The lowest BCUT2D eigenvalue weighted by Crippen LogP contribution is -2.35. The third-order valence-corrected chi connectivity index (χ3v) is 7.37. The lowest BCUT2D eigenvalue weighted by molar-refractivity contribution is 0.534. The van der Waals surface area contributed by atoms with Crippen LogP contribution < -0.4 is 4.72 Å². The van der Waals surface area contributed by atoms with Crippen molar-refractivity contribution in [2.45, 2.75) is 31.2 Å². The molecule has 1 saturated heterocycles. The van der Waals surface area contributed by atoms with Crippen molar-refractivity contribution in [3.63, 3.8) is 0 Å². The van der Waals surface area contributed by atoms with Crippen LogP contribution >= 0.6 is 0 Å². The third kappa shape index (κ3) is 3.52. The lowest BCUT2D eigenvalue weighted by atomic mass is 10.1. The molecule has 24 heavy (non-hydrogen) atoms. The quantitative estimate of drug-likeness (QED) is 0.872. The predicted octanol–water partition coefficient (Wildman–Crippen LogP) is 1.42. The van der Waals surface area contributed by atoms with Gasteiger partial charge in [-0.15, -0.1) is 0 Å². The van der Waals surface area contributed by atoms with Crippen LogP contribution in [-0.4, -0.2) is 39.4 Å². The molecule has 0 spiro atoms. The smallest absolute Gasteiger partial charge is 0.241 e. The topological polar surface area (TPSA) is 106 Å². The molecule has 1 aromatic carbocycles. The highest BCUT2D eigenvalue weighted by atomic mass is 32.2. The van der Waals surface area contributed by atoms with E-state index < -0.39 is 25.9 Å². The minimum Gasteiger partial charge on any atom is -0.441 e. The molecule has 0 bridgehead atoms. The SMILES string of the molecule is Cc1ncc(-c2ccc(C)c(S(=O)(=O)N[C@@H]3CCS(=O)(=O)C3)c2)o1. The Kier molecular flexibility index (Phi) is 4.27. The molecule has 3 rings (SSSR count). The van der Waals surface area contributed by atoms with Gasteiger partial charge in [0.15, 0.2) is 21.5 Å². The fourth-order valence-electron chi connectivity index (χ4n) is 2.71. The molecule has 0 radical (unpaired) electrons. The summed E-state index contributed by atoms with van der Waals surface area (Å²) in [5.41, 5.74) is 1.17. The van der Waals surface area contributed by atoms with Crippen molar-refractivity contribution in [2.75, 3.05) is 11.5 Å². The van der Waals surface area contributed by atoms with Gasteiger partial charge < -0.3 is 4.42 Å². The molecule has 1 aliphatic heterocycles. The Hall–Kier alpha value is -1.71. The zero-order valence-corrected chi connectivity index (χ0v) is 14.9. The van der Waals surface area contributed by atoms with Gasteiger partial charge in [0.05, 0.1) is 22.6 Å². The van der Waals surface area contributed by atoms with Crippen LogP contribution in [0.4, 0.5) is 0 Å². The van der Waals surface area contributed by atoms with Crippen molar-refractivity contribution in [2.24, 2.45) is 0 Å². The Morgan fingerprint density at radius 3 is 2.62 bits per heavy atom. The van der Waals surface area contributed by atoms with E-state index in [1.54, 1.807) is 26.0 Å². The van der Waals surface area contributed by atoms with Crippen molar-refractivity contribution in [3.05, 3.63) is 35.9 Å². The van der Waals surface area contributed by atoms with Gasteiger partial charge in [-0.25, -0.2) is 26.5 Å². The fourth-order valence-corrected chi connectivity index (χ4v) is 6.03. The van der Waals surface area contributed by atoms with Gasteiger partial charge >= 0.3 is 0 Å². The maximum absolute atomic E-state index is 12.7. The van der Waals surface area contributed by atoms with Crippen molar-refractivity contribution < 1.29 is 21.3 Å². The van der Waals surface area contributed by atoms with Gasteiger partial charge in [-0.2, -0.15) is 0 Å². The Labute approximate surface area is 141 Å². The first kappa shape index (κ1) is 17.1. The number of oxazole rings is 1. The molecule has 1 fully saturated rings. The molecule has 0 amide bonds. The van der Waals surface area contributed by atoms with Crippen LogP contribution in [0.2, 0.25) is 0 Å². The van der Waals surface area contributed by atoms with E-state index in [1.807, 2.05) is 0 Å². The second-order valence-corrected chi connectivity index (χ2v) is 9.86. The minimum atomic E-state index is -3.82. The van der Waals surface area contributed by atoms with Gasteiger partial charge in [-0.05, 0) is 25.0 Å². The number of nitrogens with one attached hydrogen (secondary N) is 1. The van der Waals surface area contributed by atoms with Crippen LogP contribution in [0, 0.1) is 13.8 Å². The molecule has 7 nitrogen and oxygen atoms in total. The first-order valence-corrected chi connectivity index (χ1v) is 10.7. The van der Waals surface area contributed by atoms with Crippen molar-refractivity contribution in [1.82, 2.24) is 9.71 Å². The van der Waals surface area contributed by atoms with E-state index in [4.69, 9.17) is 4.42 Å². The van der Waals surface area contributed by atoms with E-state index in [0.29, 0.717) is 29.2 Å². The van der Waals surface area contributed by atoms with Gasteiger partial charge in [-0.3, -0.25) is 0 Å². The number of nitrogens with zero attached hydrogens (tertiary/aromatic N) is 1. The van der Waals surface area contributed by atoms with Gasteiger partial charge in [0, 0.05) is 18.5 Å². The maximum Gasteiger partial charge on any atom is 0.241 e. The average Bonchev–Trinajstić information content (AvgIpc) is 3.04. The zero-order valence-electron chi connectivity index (χ0n) is 13.3. The number of sulfonamides is 1. The highest BCUT2D eigenvalue weighted by molar-refractivity contribution is 7.92. The highest BCUT2D eigenvalue weighted by Crippen LogP contribution is 2.26. The molecule has 2 heterocycles. The molecular formula is C15H18N2O5S2. The number of aryl methyl sites for hydroxylation is 2. The summed E-state index contributed by atoms with van der Waals surface area (Å²) >= 11 is 0. The summed E-state index contributed by atoms with van der Waals surface area (Å²) in [6.07, 6.45) is 1.83. The summed E-state index contributed by atoms with van der Waals surface area (Å²) in [5.74, 6) is 0.819. The third-order valence-electron chi connectivity index (χ3n) is 3.94. The Morgan fingerprint density at radius 2 is 2.04 bits per heavy atom. The number of rotatable bonds is 4. The highest BCUT2D eigenvalue weighted by Gasteiger charge is 2.32. The van der Waals surface area contributed by atoms with Crippen molar-refractivity contribution in [3.8, 4) is 11.3 Å². The Balaban J connectivity index is 1.92. The molecule has 9 heteroatoms. The summed E-state index contributed by atoms with van der Waals surface area (Å²) in [6, 6.07) is 4.37. The van der Waals surface area contributed by atoms with E-state index in [2.05, 4.69) is 9.71 Å². The molecule has 0 unspecified atom stereocenters. The predicted molar refractivity (Wildman–Crippen MR) is 88.8 cm³/mol. The van der Waals surface area contributed by atoms with Gasteiger partial charge in [0.1, 0.15) is 0 Å². The molecule has 1 aromatic heterocycles. The van der Waals surface area contributed by atoms with Gasteiger partial charge in [0.2, 0.25) is 10.0 Å². The van der Waals surface area contributed by atoms with Crippen LogP contribution in [-0.2, 0) is 19.9 Å². The van der Waals surface area contributed by atoms with E-state index in [0.717, 1.165) is 0 Å². The van der Waals surface area contributed by atoms with E-state index in [1.165, 1.54) is 12.3 Å². The molecule has 1 aliphatic rings. The summed E-state index contributed by atoms with van der Waals surface area (Å²) in [4.78, 5) is 4.12. The number of benzene rings is 1. The average molecular weight is 370 g/mol. The zero-order chi connectivity index (χ0) is 17.5. The second kappa shape index (κ2) is 5.98. The molecule has 130 valence electrons. The molecule has 1 atom stereocenters. The second-order valence-electron chi connectivity index (χ2n) is 5.95. The van der Waals surface area contributed by atoms with E-state index >= 15 is 0 Å². The monoisotopic (exact) mass is 370 g/mol. The van der Waals surface area contributed by atoms with Crippen LogP contribution in [0.5, 0.6) is 0 Å². The molecular weight excluding hydrogens is 352 g/mol. The maximum atomic E-state index is 12.7. The minimum absolute atomic E-state index is 0.0105. The summed E-state index contributed by atoms with van der Waals surface area (Å²) < 4.78 is 56.3. The normalized spacial score (nSPS) is 20.3. The summed E-state index contributed by atoms with van der Waals surface area (Å²) in [5, 5.41) is 0. The van der Waals surface area contributed by atoms with Crippen LogP contribution in [0.15, 0.2) is 33.7 Å². The molecule has 1 N–H and O–H groups in total. The van der Waals surface area contributed by atoms with Crippen molar-refractivity contribution >= 4 is 19.9 Å². The van der Waals surface area contributed by atoms with E-state index in [9.17, 15) is 16.8 Å². The van der Waals surface area contributed by atoms with Crippen LogP contribution in [0.1, 0.15) is 17.9 Å². The number of hydrogen-bond acceptors (Lipinski definition) is 6. The number of aromatic nitrogens is 1. The molecule has 0 saturated carbocycles. The number of hydrogen-bond donors (Lipinski definition) is 1. The first-order chi connectivity index (χ1) is 11.2. The largest absolute Gasteiger partial charge is 0.441 e. The van der Waals surface area contributed by atoms with Crippen LogP contribution in [0.25, 0.3) is 11.3 Å². The number of sulfone groups is 1. The summed E-state index contributed by atoms with van der Waals surface area (Å²) in [7, 11) is -6.98. The standard InChI is InChI=1S/C15H18N2O5S2/c1-10-3-4-12(14-8-16-11(2)22-14)7-15(10)24(20,21)17-13-5-6-23(18,19)9-13/h3-4,7-8,13,17H,5-6,9H2,1-2H3/t13-/m1/s1. The van der Waals surface area contributed by atoms with Gasteiger partial charge in [0.25, 0.3) is 0 Å². The molecule has 2 aromatic rings. The Morgan fingerprint density at radius 1 is 1.29 bits per heavy atom. The summed E-state index contributed by atoms with van der Waals surface area (Å²) in [6.45, 7) is 3.40. The fraction of sp³-hybridized carbons (Fsp3) is 0.400. The lowest BCUT2D eigenvalue weighted by Gasteiger charge is -2.14.